The molecule has 0 unspecified atom stereocenters. The number of hydrogen-bond acceptors (Lipinski definition) is 7. The molecular formula is C15H17N3O3S3. The number of fused-ring (bicyclic) bond motifs is 1. The number of carbonyl (C=O) groups excluding carboxylic acids is 1. The van der Waals surface area contributed by atoms with Crippen LogP contribution in [0, 0.1) is 0 Å². The molecule has 6 nitrogen and oxygen atoms in total. The van der Waals surface area contributed by atoms with Crippen molar-refractivity contribution in [1.29, 1.82) is 0 Å². The van der Waals surface area contributed by atoms with Gasteiger partial charge >= 0.3 is 0 Å². The summed E-state index contributed by atoms with van der Waals surface area (Å²) in [5.41, 5.74) is 0. The monoisotopic (exact) mass is 383 g/mol. The Bertz CT molecular complexity index is 876. The van der Waals surface area contributed by atoms with E-state index >= 15 is 0 Å². The van der Waals surface area contributed by atoms with E-state index in [1.54, 1.807) is 11.3 Å². The zero-order chi connectivity index (χ0) is 16.7. The van der Waals surface area contributed by atoms with Crippen LogP contribution in [0.5, 0.6) is 0 Å². The Morgan fingerprint density at radius 1 is 1.29 bits per heavy atom. The number of thioether (sulfide) groups is 1. The largest absolute Gasteiger partial charge is 0.335 e. The number of rotatable bonds is 5. The minimum absolute atomic E-state index is 0.0200. The van der Waals surface area contributed by atoms with E-state index in [9.17, 15) is 13.2 Å². The molecule has 1 aliphatic carbocycles. The van der Waals surface area contributed by atoms with Gasteiger partial charge in [0.05, 0.1) is 17.3 Å². The molecule has 2 aromatic heterocycles. The molecule has 0 bridgehead atoms. The van der Waals surface area contributed by atoms with Gasteiger partial charge in [0.2, 0.25) is 5.91 Å². The third-order valence-electron chi connectivity index (χ3n) is 4.39. The summed E-state index contributed by atoms with van der Waals surface area (Å²) in [6.07, 6.45) is 4.05. The van der Waals surface area contributed by atoms with Crippen LogP contribution in [-0.2, 0) is 14.6 Å². The van der Waals surface area contributed by atoms with Crippen LogP contribution in [0.1, 0.15) is 19.3 Å². The van der Waals surface area contributed by atoms with Crippen LogP contribution >= 0.6 is 23.1 Å². The summed E-state index contributed by atoms with van der Waals surface area (Å²) in [6.45, 7) is 0. The summed E-state index contributed by atoms with van der Waals surface area (Å²) in [6, 6.07) is 2.04. The van der Waals surface area contributed by atoms with Crippen molar-refractivity contribution in [3.05, 3.63) is 17.8 Å². The van der Waals surface area contributed by atoms with Gasteiger partial charge in [0.15, 0.2) is 9.84 Å². The third-order valence-corrected chi connectivity index (χ3v) is 7.95. The quantitative estimate of drug-likeness (QED) is 0.580. The lowest BCUT2D eigenvalue weighted by atomic mass is 10.2. The lowest BCUT2D eigenvalue weighted by Gasteiger charge is -2.28. The Morgan fingerprint density at radius 2 is 2.12 bits per heavy atom. The van der Waals surface area contributed by atoms with Crippen LogP contribution in [0.4, 0.5) is 0 Å². The number of hydrogen-bond donors (Lipinski definition) is 0. The molecule has 1 amide bonds. The van der Waals surface area contributed by atoms with Crippen molar-refractivity contribution in [3.63, 3.8) is 0 Å². The maximum Gasteiger partial charge on any atom is 0.233 e. The first-order valence-corrected chi connectivity index (χ1v) is 11.5. The maximum atomic E-state index is 12.7. The van der Waals surface area contributed by atoms with Crippen LogP contribution in [-0.4, -0.2) is 58.5 Å². The summed E-state index contributed by atoms with van der Waals surface area (Å²) in [5.74, 6) is 0.617. The molecule has 0 aromatic carbocycles. The molecule has 1 saturated heterocycles. The van der Waals surface area contributed by atoms with Crippen LogP contribution in [0.2, 0.25) is 0 Å². The Hall–Kier alpha value is -1.19. The number of aromatic nitrogens is 2. The number of nitrogens with zero attached hydrogens (tertiary/aromatic N) is 3. The second kappa shape index (κ2) is 6.27. The van der Waals surface area contributed by atoms with E-state index in [2.05, 4.69) is 9.97 Å². The van der Waals surface area contributed by atoms with Gasteiger partial charge in [0.25, 0.3) is 0 Å². The van der Waals surface area contributed by atoms with Crippen molar-refractivity contribution in [2.24, 2.45) is 0 Å². The Kier molecular flexibility index (Phi) is 4.26. The van der Waals surface area contributed by atoms with Gasteiger partial charge in [-0.3, -0.25) is 4.79 Å². The molecule has 3 heterocycles. The molecule has 2 fully saturated rings. The second-order valence-electron chi connectivity index (χ2n) is 6.20. The van der Waals surface area contributed by atoms with E-state index in [0.717, 1.165) is 28.1 Å². The van der Waals surface area contributed by atoms with Crippen molar-refractivity contribution in [3.8, 4) is 0 Å². The van der Waals surface area contributed by atoms with Gasteiger partial charge < -0.3 is 4.90 Å². The summed E-state index contributed by atoms with van der Waals surface area (Å²) < 4.78 is 23.5. The van der Waals surface area contributed by atoms with Crippen molar-refractivity contribution in [2.75, 3.05) is 17.3 Å². The minimum atomic E-state index is -2.99. The Morgan fingerprint density at radius 3 is 2.83 bits per heavy atom. The Labute approximate surface area is 148 Å². The molecule has 2 aromatic rings. The fourth-order valence-electron chi connectivity index (χ4n) is 3.14. The van der Waals surface area contributed by atoms with Gasteiger partial charge in [-0.15, -0.1) is 11.3 Å². The van der Waals surface area contributed by atoms with E-state index in [1.807, 2.05) is 16.3 Å². The summed E-state index contributed by atoms with van der Waals surface area (Å²) in [5, 5.41) is 3.75. The zero-order valence-corrected chi connectivity index (χ0v) is 15.4. The molecule has 0 spiro atoms. The van der Waals surface area contributed by atoms with E-state index < -0.39 is 9.84 Å². The molecule has 9 heteroatoms. The standard InChI is InChI=1S/C15H17N3O3S3/c19-13(7-23-15-12-3-5-22-14(12)16-9-17-15)18(10-1-2-10)11-4-6-24(20,21)8-11/h3,5,9-11H,1-2,4,6-8H2/t11-/m1/s1. The molecule has 0 N–H and O–H groups in total. The molecule has 4 rings (SSSR count). The fraction of sp³-hybridized carbons (Fsp3) is 0.533. The topological polar surface area (TPSA) is 80.2 Å². The van der Waals surface area contributed by atoms with Crippen molar-refractivity contribution < 1.29 is 13.2 Å². The zero-order valence-electron chi connectivity index (χ0n) is 12.9. The average Bonchev–Trinajstić information content (AvgIpc) is 3.13. The highest BCUT2D eigenvalue weighted by Crippen LogP contribution is 2.34. The lowest BCUT2D eigenvalue weighted by molar-refractivity contribution is -0.130. The first-order valence-electron chi connectivity index (χ1n) is 7.86. The predicted molar refractivity (Wildman–Crippen MR) is 95.1 cm³/mol. The average molecular weight is 384 g/mol. The molecule has 1 saturated carbocycles. The maximum absolute atomic E-state index is 12.7. The van der Waals surface area contributed by atoms with Gasteiger partial charge in [-0.2, -0.15) is 0 Å². The van der Waals surface area contributed by atoms with Crippen LogP contribution in [0.15, 0.2) is 22.8 Å². The number of sulfone groups is 1. The summed E-state index contributed by atoms with van der Waals surface area (Å²) >= 11 is 2.96. The van der Waals surface area contributed by atoms with Gasteiger partial charge in [-0.05, 0) is 30.7 Å². The fourth-order valence-corrected chi connectivity index (χ4v) is 6.50. The normalized spacial score (nSPS) is 22.8. The Balaban J connectivity index is 1.47. The van der Waals surface area contributed by atoms with Gasteiger partial charge in [0, 0.05) is 17.5 Å². The summed E-state index contributed by atoms with van der Waals surface area (Å²) in [7, 11) is -2.99. The highest BCUT2D eigenvalue weighted by Gasteiger charge is 2.41. The first kappa shape index (κ1) is 16.3. The highest BCUT2D eigenvalue weighted by atomic mass is 32.2. The predicted octanol–water partition coefficient (Wildman–Crippen LogP) is 1.96. The van der Waals surface area contributed by atoms with E-state index in [4.69, 9.17) is 0 Å². The van der Waals surface area contributed by atoms with Crippen molar-refractivity contribution in [1.82, 2.24) is 14.9 Å². The van der Waals surface area contributed by atoms with Gasteiger partial charge in [-0.1, -0.05) is 11.8 Å². The molecule has 1 atom stereocenters. The molecule has 1 aliphatic heterocycles. The van der Waals surface area contributed by atoms with Gasteiger partial charge in [-0.25, -0.2) is 18.4 Å². The smallest absolute Gasteiger partial charge is 0.233 e. The SMILES string of the molecule is O=C(CSc1ncnc2sccc12)N(C1CC1)[C@@H]1CCS(=O)(=O)C1. The molecule has 2 aliphatic rings. The van der Waals surface area contributed by atoms with Crippen molar-refractivity contribution in [2.45, 2.75) is 36.4 Å². The lowest BCUT2D eigenvalue weighted by Crippen LogP contribution is -2.43. The van der Waals surface area contributed by atoms with Crippen molar-refractivity contribution >= 4 is 49.1 Å². The van der Waals surface area contributed by atoms with Crippen LogP contribution in [0.3, 0.4) is 0 Å². The van der Waals surface area contributed by atoms with E-state index in [0.29, 0.717) is 6.42 Å². The second-order valence-corrected chi connectivity index (χ2v) is 10.3. The van der Waals surface area contributed by atoms with Gasteiger partial charge in [0.1, 0.15) is 16.2 Å². The molecule has 24 heavy (non-hydrogen) atoms. The third kappa shape index (κ3) is 3.29. The molecule has 128 valence electrons. The minimum Gasteiger partial charge on any atom is -0.335 e. The van der Waals surface area contributed by atoms with Crippen LogP contribution < -0.4 is 0 Å². The number of amides is 1. The number of thiophene rings is 1. The van der Waals surface area contributed by atoms with E-state index in [-0.39, 0.29) is 35.2 Å². The number of carbonyl (C=O) groups is 1. The highest BCUT2D eigenvalue weighted by molar-refractivity contribution is 8.00. The summed E-state index contributed by atoms with van der Waals surface area (Å²) in [4.78, 5) is 24.0. The first-order chi connectivity index (χ1) is 11.5. The van der Waals surface area contributed by atoms with E-state index in [1.165, 1.54) is 18.1 Å². The molecular weight excluding hydrogens is 366 g/mol. The van der Waals surface area contributed by atoms with Crippen LogP contribution in [0.25, 0.3) is 10.2 Å². The molecule has 0 radical (unpaired) electrons.